The average molecular weight is 715 g/mol. The Labute approximate surface area is 315 Å². The summed E-state index contributed by atoms with van der Waals surface area (Å²) in [5, 5.41) is 15.5. The minimum atomic E-state index is -0.325. The maximum Gasteiger partial charge on any atom is 0.284 e. The summed E-state index contributed by atoms with van der Waals surface area (Å²) in [5.41, 5.74) is 6.69. The quantitative estimate of drug-likeness (QED) is 0.167. The maximum absolute atomic E-state index is 14.8. The minimum Gasteiger partial charge on any atom is -0.309 e. The molecule has 4 aromatic heterocycles. The lowest BCUT2D eigenvalue weighted by atomic mass is 9.95. The van der Waals surface area contributed by atoms with Gasteiger partial charge >= 0.3 is 0 Å². The van der Waals surface area contributed by atoms with Crippen LogP contribution in [0.4, 0.5) is 0 Å². The van der Waals surface area contributed by atoms with Gasteiger partial charge < -0.3 is 9.13 Å². The lowest BCUT2D eigenvalue weighted by Crippen LogP contribution is -2.21. The smallest absolute Gasteiger partial charge is 0.284 e. The van der Waals surface area contributed by atoms with Crippen LogP contribution < -0.4 is 11.1 Å². The summed E-state index contributed by atoms with van der Waals surface area (Å²) in [5.74, 6) is 0. The molecular weight excluding hydrogens is 689 g/mol. The molecule has 0 aliphatic rings. The van der Waals surface area contributed by atoms with Gasteiger partial charge in [0.1, 0.15) is 0 Å². The van der Waals surface area contributed by atoms with Gasteiger partial charge in [-0.1, -0.05) is 103 Å². The third kappa shape index (κ3) is 3.16. The molecule has 6 heteroatoms. The zero-order chi connectivity index (χ0) is 36.6. The third-order valence-corrected chi connectivity index (χ3v) is 12.6. The van der Waals surface area contributed by atoms with Gasteiger partial charge in [0.25, 0.3) is 11.1 Å². The summed E-state index contributed by atoms with van der Waals surface area (Å²) in [7, 11) is 0. The lowest BCUT2D eigenvalue weighted by molar-refractivity contribution is 0.841. The Morgan fingerprint density at radius 1 is 0.286 bits per heavy atom. The fourth-order valence-corrected chi connectivity index (χ4v) is 10.5. The summed E-state index contributed by atoms with van der Waals surface area (Å²) in [6, 6.07) is 55.0. The first kappa shape index (κ1) is 28.8. The van der Waals surface area contributed by atoms with Crippen molar-refractivity contribution in [3.05, 3.63) is 178 Å². The van der Waals surface area contributed by atoms with Gasteiger partial charge in [0.15, 0.2) is 0 Å². The molecule has 4 heterocycles. The Hall–Kier alpha value is -7.70. The maximum atomic E-state index is 14.8. The van der Waals surface area contributed by atoms with Gasteiger partial charge in [0.05, 0.1) is 49.6 Å². The number of hydrogen-bond acceptors (Lipinski definition) is 2. The second-order valence-electron chi connectivity index (χ2n) is 15.2. The predicted octanol–water partition coefficient (Wildman–Crippen LogP) is 11.2. The average Bonchev–Trinajstić information content (AvgIpc) is 3.96. The van der Waals surface area contributed by atoms with Crippen LogP contribution in [0.1, 0.15) is 0 Å². The van der Waals surface area contributed by atoms with Crippen LogP contribution in [0.15, 0.2) is 167 Å². The topological polar surface area (TPSA) is 52.8 Å². The van der Waals surface area contributed by atoms with E-state index in [1.807, 2.05) is 34.8 Å². The van der Waals surface area contributed by atoms with Crippen LogP contribution in [0.5, 0.6) is 0 Å². The molecule has 0 aliphatic carbocycles. The number of aromatic nitrogens is 4. The molecular formula is C50H26N4O2. The van der Waals surface area contributed by atoms with Crippen molar-refractivity contribution in [1.29, 1.82) is 0 Å². The first-order valence-electron chi connectivity index (χ1n) is 19.0. The molecule has 0 N–H and O–H groups in total. The van der Waals surface area contributed by atoms with E-state index >= 15 is 0 Å². The minimum absolute atomic E-state index is 0.320. The summed E-state index contributed by atoms with van der Waals surface area (Å²) < 4.78 is 7.69. The molecule has 10 aromatic carbocycles. The Balaban J connectivity index is 1.09. The molecule has 14 aromatic rings. The molecule has 0 unspecified atom stereocenters. The lowest BCUT2D eigenvalue weighted by Gasteiger charge is -2.09. The van der Waals surface area contributed by atoms with Gasteiger partial charge in [-0.2, -0.15) is 4.52 Å². The normalized spacial score (nSPS) is 12.8. The number of fused-ring (bicyclic) bond motifs is 11. The second-order valence-corrected chi connectivity index (χ2v) is 15.2. The number of rotatable bonds is 2. The molecule has 56 heavy (non-hydrogen) atoms. The molecule has 0 aliphatic heterocycles. The first-order chi connectivity index (χ1) is 27.7. The third-order valence-electron chi connectivity index (χ3n) is 12.6. The van der Waals surface area contributed by atoms with Gasteiger partial charge in [-0.25, -0.2) is 4.52 Å². The molecule has 0 atom stereocenters. The second kappa shape index (κ2) is 9.69. The van der Waals surface area contributed by atoms with Crippen LogP contribution in [-0.2, 0) is 0 Å². The molecule has 14 rings (SSSR count). The van der Waals surface area contributed by atoms with Gasteiger partial charge in [-0.05, 0) is 97.7 Å². The Kier molecular flexibility index (Phi) is 4.98. The van der Waals surface area contributed by atoms with Crippen LogP contribution in [-0.4, -0.2) is 18.2 Å². The summed E-state index contributed by atoms with van der Waals surface area (Å²) in [6.07, 6.45) is 0. The fraction of sp³-hybridized carbons (Fsp3) is 0. The Morgan fingerprint density at radius 2 is 0.714 bits per heavy atom. The van der Waals surface area contributed by atoms with Gasteiger partial charge in [-0.3, -0.25) is 9.59 Å². The molecule has 0 saturated carbocycles. The summed E-state index contributed by atoms with van der Waals surface area (Å²) >= 11 is 0. The number of hydrogen-bond donors (Lipinski definition) is 0. The van der Waals surface area contributed by atoms with Crippen molar-refractivity contribution < 1.29 is 0 Å². The van der Waals surface area contributed by atoms with Crippen LogP contribution in [0.2, 0.25) is 0 Å². The van der Waals surface area contributed by atoms with Crippen molar-refractivity contribution >= 4 is 109 Å². The number of nitrogens with zero attached hydrogens (tertiary/aromatic N) is 4. The zero-order valence-electron chi connectivity index (χ0n) is 29.6. The molecule has 6 nitrogen and oxygen atoms in total. The molecule has 0 fully saturated rings. The van der Waals surface area contributed by atoms with Gasteiger partial charge in [0.2, 0.25) is 0 Å². The van der Waals surface area contributed by atoms with Crippen molar-refractivity contribution in [2.75, 3.05) is 0 Å². The highest BCUT2D eigenvalue weighted by Gasteiger charge is 2.25. The van der Waals surface area contributed by atoms with E-state index in [0.717, 1.165) is 33.4 Å². The first-order valence-corrected chi connectivity index (χ1v) is 19.0. The SMILES string of the molecule is O=c1c2ccc(-n3c4cccc5c6ccccc6c6cccc3c6c54)cc2n2c3cccc(-n4c5cccc6c7ccccc7c7cccc4c7c65)c3c(=O)n12. The van der Waals surface area contributed by atoms with E-state index in [2.05, 4.69) is 137 Å². The standard InChI is InChI=1S/C50H26N4O2/c55-49-36-25-24-27(51-37-18-5-14-32-28-10-1-2-11-29(28)33-15-6-19-38(51)45(33)44(32)37)26-43(36)53-42-23-9-22-41(48(42)50(56)54(49)53)52-39-20-7-16-34-30-12-3-4-13-31(30)35-17-8-21-40(52)47(35)46(34)39/h1-26H. The van der Waals surface area contributed by atoms with E-state index < -0.39 is 0 Å². The molecule has 0 spiro atoms. The summed E-state index contributed by atoms with van der Waals surface area (Å²) in [4.78, 5) is 29.1. The molecule has 0 bridgehead atoms. The number of benzene rings is 10. The molecule has 258 valence electrons. The van der Waals surface area contributed by atoms with Crippen molar-refractivity contribution in [2.24, 2.45) is 0 Å². The van der Waals surface area contributed by atoms with Crippen molar-refractivity contribution in [2.45, 2.75) is 0 Å². The highest BCUT2D eigenvalue weighted by molar-refractivity contribution is 6.35. The summed E-state index contributed by atoms with van der Waals surface area (Å²) in [6.45, 7) is 0. The van der Waals surface area contributed by atoms with Crippen LogP contribution >= 0.6 is 0 Å². The van der Waals surface area contributed by atoms with E-state index in [0.29, 0.717) is 21.8 Å². The van der Waals surface area contributed by atoms with Gasteiger partial charge in [-0.15, -0.1) is 0 Å². The largest absolute Gasteiger partial charge is 0.309 e. The Bertz CT molecular complexity index is 3980. The highest BCUT2D eigenvalue weighted by Crippen LogP contribution is 2.45. The van der Waals surface area contributed by atoms with E-state index in [-0.39, 0.29) is 11.1 Å². The highest BCUT2D eigenvalue weighted by atomic mass is 16.2. The fourth-order valence-electron chi connectivity index (χ4n) is 10.5. The van der Waals surface area contributed by atoms with Crippen molar-refractivity contribution in [1.82, 2.24) is 18.2 Å². The monoisotopic (exact) mass is 714 g/mol. The predicted molar refractivity (Wildman–Crippen MR) is 231 cm³/mol. The van der Waals surface area contributed by atoms with E-state index in [1.165, 1.54) is 69.2 Å². The van der Waals surface area contributed by atoms with Crippen molar-refractivity contribution in [3.8, 4) is 11.4 Å². The van der Waals surface area contributed by atoms with E-state index in [1.54, 1.807) is 0 Å². The van der Waals surface area contributed by atoms with Crippen LogP contribution in [0, 0.1) is 0 Å². The van der Waals surface area contributed by atoms with Gasteiger partial charge in [0, 0.05) is 27.2 Å². The van der Waals surface area contributed by atoms with E-state index in [9.17, 15) is 9.59 Å². The Morgan fingerprint density at radius 3 is 1.21 bits per heavy atom. The molecule has 0 saturated heterocycles. The van der Waals surface area contributed by atoms with E-state index in [4.69, 9.17) is 0 Å². The molecule has 0 radical (unpaired) electrons. The van der Waals surface area contributed by atoms with Crippen LogP contribution in [0.25, 0.3) is 120 Å². The van der Waals surface area contributed by atoms with Crippen LogP contribution in [0.3, 0.4) is 0 Å². The zero-order valence-corrected chi connectivity index (χ0v) is 29.6. The molecule has 0 amide bonds. The van der Waals surface area contributed by atoms with Crippen molar-refractivity contribution in [3.63, 3.8) is 0 Å².